The first kappa shape index (κ1) is 14.2. The Kier molecular flexibility index (Phi) is 4.07. The lowest BCUT2D eigenvalue weighted by Crippen LogP contribution is -2.49. The van der Waals surface area contributed by atoms with Gasteiger partial charge in [0.1, 0.15) is 5.54 Å². The van der Waals surface area contributed by atoms with Crippen molar-refractivity contribution in [2.75, 3.05) is 11.9 Å². The highest BCUT2D eigenvalue weighted by molar-refractivity contribution is 5.93. The second-order valence-electron chi connectivity index (χ2n) is 4.64. The first-order chi connectivity index (χ1) is 8.24. The molecule has 0 aliphatic carbocycles. The summed E-state index contributed by atoms with van der Waals surface area (Å²) >= 11 is 0. The first-order valence-corrected chi connectivity index (χ1v) is 5.54. The lowest BCUT2D eigenvalue weighted by molar-refractivity contribution is -0.143. The van der Waals surface area contributed by atoms with E-state index in [0.29, 0.717) is 11.4 Å². The number of aromatic amines is 1. The van der Waals surface area contributed by atoms with Gasteiger partial charge in [-0.15, -0.1) is 0 Å². The Morgan fingerprint density at radius 1 is 1.39 bits per heavy atom. The number of aryl methyl sites for hydroxylation is 2. The van der Waals surface area contributed by atoms with Gasteiger partial charge in [0.2, 0.25) is 5.91 Å². The van der Waals surface area contributed by atoms with E-state index in [0.717, 1.165) is 5.69 Å². The molecule has 1 aromatic rings. The Labute approximate surface area is 105 Å². The Hall–Kier alpha value is -1.89. The van der Waals surface area contributed by atoms with Crippen molar-refractivity contribution in [3.8, 4) is 0 Å². The number of carboxylic acid groups (broad SMARTS) is 1. The van der Waals surface area contributed by atoms with Crippen LogP contribution in [0.25, 0.3) is 0 Å². The summed E-state index contributed by atoms with van der Waals surface area (Å²) in [4.78, 5) is 22.5. The molecule has 0 aromatic carbocycles. The summed E-state index contributed by atoms with van der Waals surface area (Å²) in [5, 5.41) is 20.9. The normalized spacial score (nSPS) is 11.3. The zero-order chi connectivity index (χ0) is 13.9. The molecule has 0 aliphatic rings. The second-order valence-corrected chi connectivity index (χ2v) is 4.64. The standard InChI is InChI=1S/C11H18N4O3/c1-6-9(7(2)15-14-6)13-8(16)5-12-11(3,4)10(17)18/h12H,5H2,1-4H3,(H,13,16)(H,14,15)(H,17,18). The van der Waals surface area contributed by atoms with Crippen LogP contribution in [0.1, 0.15) is 25.2 Å². The molecule has 7 heteroatoms. The molecule has 0 spiro atoms. The number of carbonyl (C=O) groups excluding carboxylic acids is 1. The van der Waals surface area contributed by atoms with Gasteiger partial charge in [-0.05, 0) is 27.7 Å². The van der Waals surface area contributed by atoms with Crippen LogP contribution in [0.4, 0.5) is 5.69 Å². The van der Waals surface area contributed by atoms with Crippen LogP contribution in [0.15, 0.2) is 0 Å². The summed E-state index contributed by atoms with van der Waals surface area (Å²) in [5.74, 6) is -1.32. The minimum absolute atomic E-state index is 0.0800. The van der Waals surface area contributed by atoms with Crippen molar-refractivity contribution < 1.29 is 14.7 Å². The summed E-state index contributed by atoms with van der Waals surface area (Å²) in [6.45, 7) is 6.48. The molecule has 1 rings (SSSR count). The average Bonchev–Trinajstić information content (AvgIpc) is 2.58. The fourth-order valence-corrected chi connectivity index (χ4v) is 1.30. The zero-order valence-corrected chi connectivity index (χ0v) is 10.9. The van der Waals surface area contributed by atoms with Crippen molar-refractivity contribution in [1.29, 1.82) is 0 Å². The molecular formula is C11H18N4O3. The number of aromatic nitrogens is 2. The van der Waals surface area contributed by atoms with Crippen LogP contribution in [-0.2, 0) is 9.59 Å². The van der Waals surface area contributed by atoms with Gasteiger partial charge in [-0.1, -0.05) is 0 Å². The summed E-state index contributed by atoms with van der Waals surface area (Å²) in [5.41, 5.74) is 0.948. The minimum atomic E-state index is -1.14. The molecule has 0 radical (unpaired) electrons. The molecule has 100 valence electrons. The van der Waals surface area contributed by atoms with E-state index in [1.807, 2.05) is 0 Å². The van der Waals surface area contributed by atoms with E-state index in [2.05, 4.69) is 20.8 Å². The van der Waals surface area contributed by atoms with E-state index in [1.54, 1.807) is 13.8 Å². The van der Waals surface area contributed by atoms with Gasteiger partial charge in [0.25, 0.3) is 0 Å². The maximum Gasteiger partial charge on any atom is 0.323 e. The molecule has 0 aliphatic heterocycles. The van der Waals surface area contributed by atoms with Gasteiger partial charge < -0.3 is 10.4 Å². The number of nitrogens with one attached hydrogen (secondary N) is 3. The number of anilines is 1. The van der Waals surface area contributed by atoms with Crippen molar-refractivity contribution >= 4 is 17.6 Å². The Balaban J connectivity index is 2.56. The minimum Gasteiger partial charge on any atom is -0.480 e. The number of nitrogens with zero attached hydrogens (tertiary/aromatic N) is 1. The van der Waals surface area contributed by atoms with E-state index in [9.17, 15) is 9.59 Å². The molecule has 0 bridgehead atoms. The summed E-state index contributed by atoms with van der Waals surface area (Å²) < 4.78 is 0. The number of hydrogen-bond acceptors (Lipinski definition) is 4. The summed E-state index contributed by atoms with van der Waals surface area (Å²) in [7, 11) is 0. The Morgan fingerprint density at radius 2 is 2.00 bits per heavy atom. The third kappa shape index (κ3) is 3.30. The summed E-state index contributed by atoms with van der Waals surface area (Å²) in [6, 6.07) is 0. The zero-order valence-electron chi connectivity index (χ0n) is 10.9. The molecule has 1 amide bonds. The van der Waals surface area contributed by atoms with Gasteiger partial charge in [0.15, 0.2) is 0 Å². The number of rotatable bonds is 5. The van der Waals surface area contributed by atoms with Gasteiger partial charge in [0, 0.05) is 0 Å². The van der Waals surface area contributed by atoms with E-state index in [4.69, 9.17) is 5.11 Å². The third-order valence-electron chi connectivity index (χ3n) is 2.62. The Bertz CT molecular complexity index is 445. The molecule has 0 saturated heterocycles. The van der Waals surface area contributed by atoms with Crippen LogP contribution in [-0.4, -0.2) is 39.3 Å². The van der Waals surface area contributed by atoms with Crippen LogP contribution in [0.2, 0.25) is 0 Å². The fraction of sp³-hybridized carbons (Fsp3) is 0.545. The quantitative estimate of drug-likeness (QED) is 0.609. The molecule has 4 N–H and O–H groups in total. The van der Waals surface area contributed by atoms with Crippen molar-refractivity contribution in [3.05, 3.63) is 11.4 Å². The van der Waals surface area contributed by atoms with E-state index >= 15 is 0 Å². The van der Waals surface area contributed by atoms with Gasteiger partial charge in [-0.2, -0.15) is 5.10 Å². The van der Waals surface area contributed by atoms with Gasteiger partial charge in [-0.3, -0.25) is 20.0 Å². The van der Waals surface area contributed by atoms with Gasteiger partial charge in [-0.25, -0.2) is 0 Å². The number of H-pyrrole nitrogens is 1. The summed E-state index contributed by atoms with van der Waals surface area (Å²) in [6.07, 6.45) is 0. The lowest BCUT2D eigenvalue weighted by atomic mass is 10.1. The molecule has 1 aromatic heterocycles. The topological polar surface area (TPSA) is 107 Å². The maximum absolute atomic E-state index is 11.7. The fourth-order valence-electron chi connectivity index (χ4n) is 1.30. The molecule has 0 fully saturated rings. The smallest absolute Gasteiger partial charge is 0.323 e. The van der Waals surface area contributed by atoms with Crippen LogP contribution in [0.5, 0.6) is 0 Å². The number of carboxylic acids is 1. The lowest BCUT2D eigenvalue weighted by Gasteiger charge is -2.20. The van der Waals surface area contributed by atoms with Gasteiger partial charge in [0.05, 0.1) is 23.6 Å². The predicted molar refractivity (Wildman–Crippen MR) is 66.4 cm³/mol. The highest BCUT2D eigenvalue weighted by Crippen LogP contribution is 2.15. The highest BCUT2D eigenvalue weighted by atomic mass is 16.4. The second kappa shape index (κ2) is 5.18. The molecule has 0 unspecified atom stereocenters. The number of aliphatic carboxylic acids is 1. The first-order valence-electron chi connectivity index (χ1n) is 5.54. The third-order valence-corrected chi connectivity index (χ3v) is 2.62. The van der Waals surface area contributed by atoms with Crippen molar-refractivity contribution in [1.82, 2.24) is 15.5 Å². The SMILES string of the molecule is Cc1n[nH]c(C)c1NC(=O)CNC(C)(C)C(=O)O. The van der Waals surface area contributed by atoms with Crippen molar-refractivity contribution in [2.45, 2.75) is 33.2 Å². The molecule has 7 nitrogen and oxygen atoms in total. The monoisotopic (exact) mass is 254 g/mol. The maximum atomic E-state index is 11.7. The van der Waals surface area contributed by atoms with E-state index < -0.39 is 11.5 Å². The molecule has 18 heavy (non-hydrogen) atoms. The van der Waals surface area contributed by atoms with Crippen LogP contribution in [0.3, 0.4) is 0 Å². The molecule has 0 saturated carbocycles. The predicted octanol–water partition coefficient (Wildman–Crippen LogP) is 0.418. The number of amides is 1. The van der Waals surface area contributed by atoms with E-state index in [-0.39, 0.29) is 12.5 Å². The molecular weight excluding hydrogens is 236 g/mol. The van der Waals surface area contributed by atoms with Crippen molar-refractivity contribution in [2.24, 2.45) is 0 Å². The highest BCUT2D eigenvalue weighted by Gasteiger charge is 2.27. The number of carbonyl (C=O) groups is 2. The van der Waals surface area contributed by atoms with Gasteiger partial charge >= 0.3 is 5.97 Å². The van der Waals surface area contributed by atoms with Crippen molar-refractivity contribution in [3.63, 3.8) is 0 Å². The van der Waals surface area contributed by atoms with Crippen LogP contribution < -0.4 is 10.6 Å². The largest absolute Gasteiger partial charge is 0.480 e. The van der Waals surface area contributed by atoms with E-state index in [1.165, 1.54) is 13.8 Å². The molecule has 0 atom stereocenters. The van der Waals surface area contributed by atoms with Crippen LogP contribution in [0, 0.1) is 13.8 Å². The Morgan fingerprint density at radius 3 is 2.44 bits per heavy atom. The number of hydrogen-bond donors (Lipinski definition) is 4. The average molecular weight is 254 g/mol. The molecule has 1 heterocycles. The van der Waals surface area contributed by atoms with Crippen LogP contribution >= 0.6 is 0 Å².